The van der Waals surface area contributed by atoms with Crippen LogP contribution in [0.2, 0.25) is 0 Å². The molecule has 1 amide bonds. The van der Waals surface area contributed by atoms with E-state index in [1.165, 1.54) is 18.3 Å². The molecule has 0 unspecified atom stereocenters. The lowest BCUT2D eigenvalue weighted by Gasteiger charge is -2.10. The van der Waals surface area contributed by atoms with E-state index < -0.39 is 17.6 Å². The van der Waals surface area contributed by atoms with Gasteiger partial charge in [0.15, 0.2) is 0 Å². The lowest BCUT2D eigenvalue weighted by molar-refractivity contribution is -0.137. The average molecular weight is 351 g/mol. The van der Waals surface area contributed by atoms with E-state index in [-0.39, 0.29) is 12.2 Å². The largest absolute Gasteiger partial charge is 0.497 e. The Morgan fingerprint density at radius 2 is 1.92 bits per heavy atom. The van der Waals surface area contributed by atoms with Crippen molar-refractivity contribution in [2.45, 2.75) is 6.18 Å². The highest BCUT2D eigenvalue weighted by Crippen LogP contribution is 2.30. The van der Waals surface area contributed by atoms with Gasteiger partial charge in [0.05, 0.1) is 25.4 Å². The molecule has 0 heterocycles. The quantitative estimate of drug-likeness (QED) is 0.620. The number of ether oxygens (including phenoxy) is 1. The number of carbonyl (C=O) groups is 1. The zero-order valence-electron chi connectivity index (χ0n) is 13.3. The van der Waals surface area contributed by atoms with Crippen molar-refractivity contribution in [2.24, 2.45) is 5.10 Å². The van der Waals surface area contributed by atoms with E-state index in [0.29, 0.717) is 5.75 Å². The van der Waals surface area contributed by atoms with Crippen LogP contribution in [0.1, 0.15) is 11.1 Å². The molecular weight excluding hydrogens is 335 g/mol. The van der Waals surface area contributed by atoms with Crippen molar-refractivity contribution in [3.63, 3.8) is 0 Å². The minimum absolute atomic E-state index is 0.198. The summed E-state index contributed by atoms with van der Waals surface area (Å²) < 4.78 is 42.8. The van der Waals surface area contributed by atoms with Crippen molar-refractivity contribution in [3.8, 4) is 5.75 Å². The van der Waals surface area contributed by atoms with Gasteiger partial charge in [0.25, 0.3) is 5.91 Å². The molecule has 0 atom stereocenters. The van der Waals surface area contributed by atoms with Crippen LogP contribution in [0.3, 0.4) is 0 Å². The van der Waals surface area contributed by atoms with Crippen molar-refractivity contribution >= 4 is 17.8 Å². The molecule has 2 N–H and O–H groups in total. The number of hydrazone groups is 1. The van der Waals surface area contributed by atoms with Gasteiger partial charge in [-0.25, -0.2) is 5.43 Å². The molecular formula is C17H16F3N3O2. The molecule has 2 rings (SSSR count). The fraction of sp³-hybridized carbons (Fsp3) is 0.176. The molecule has 0 saturated heterocycles. The van der Waals surface area contributed by atoms with Crippen LogP contribution < -0.4 is 15.5 Å². The molecule has 0 spiro atoms. The Balaban J connectivity index is 1.83. The Bertz CT molecular complexity index is 744. The molecule has 0 radical (unpaired) electrons. The van der Waals surface area contributed by atoms with Crippen LogP contribution in [0.25, 0.3) is 0 Å². The number of nitrogens with zero attached hydrogens (tertiary/aromatic N) is 1. The highest BCUT2D eigenvalue weighted by molar-refractivity contribution is 5.84. The van der Waals surface area contributed by atoms with Gasteiger partial charge in [-0.1, -0.05) is 6.07 Å². The second-order valence-electron chi connectivity index (χ2n) is 5.00. The molecule has 2 aromatic rings. The third-order valence-electron chi connectivity index (χ3n) is 3.16. The number of alkyl halides is 3. The zero-order chi connectivity index (χ0) is 18.3. The number of benzene rings is 2. The van der Waals surface area contributed by atoms with Gasteiger partial charge in [0.1, 0.15) is 5.75 Å². The summed E-state index contributed by atoms with van der Waals surface area (Å²) in [6.07, 6.45) is -2.98. The Hall–Kier alpha value is -3.03. The molecule has 0 bridgehead atoms. The summed E-state index contributed by atoms with van der Waals surface area (Å²) in [5.74, 6) is 0.216. The molecule has 2 aromatic carbocycles. The monoisotopic (exact) mass is 351 g/mol. The predicted octanol–water partition coefficient (Wildman–Crippen LogP) is 3.28. The summed E-state index contributed by atoms with van der Waals surface area (Å²) in [4.78, 5) is 11.7. The van der Waals surface area contributed by atoms with E-state index in [2.05, 4.69) is 15.8 Å². The standard InChI is InChI=1S/C17H16F3N3O2/c1-25-15-7-5-12(6-8-15)10-22-23-16(24)11-21-14-4-2-3-13(9-14)17(18,19)20/h2-10,21H,11H2,1H3,(H,23,24). The lowest BCUT2D eigenvalue weighted by Crippen LogP contribution is -2.26. The fourth-order valence-electron chi connectivity index (χ4n) is 1.90. The van der Waals surface area contributed by atoms with Gasteiger partial charge in [-0.05, 0) is 48.0 Å². The Morgan fingerprint density at radius 3 is 2.56 bits per heavy atom. The number of methoxy groups -OCH3 is 1. The maximum atomic E-state index is 12.6. The van der Waals surface area contributed by atoms with Crippen LogP contribution in [0.4, 0.5) is 18.9 Å². The Morgan fingerprint density at radius 1 is 1.20 bits per heavy atom. The zero-order valence-corrected chi connectivity index (χ0v) is 13.3. The third kappa shape index (κ3) is 5.83. The highest BCUT2D eigenvalue weighted by Gasteiger charge is 2.30. The summed E-state index contributed by atoms with van der Waals surface area (Å²) in [6, 6.07) is 11.6. The smallest absolute Gasteiger partial charge is 0.416 e. The topological polar surface area (TPSA) is 62.7 Å². The molecule has 8 heteroatoms. The minimum Gasteiger partial charge on any atom is -0.497 e. The first kappa shape index (κ1) is 18.3. The molecule has 0 aliphatic heterocycles. The minimum atomic E-state index is -4.43. The van der Waals surface area contributed by atoms with Gasteiger partial charge in [-0.15, -0.1) is 0 Å². The van der Waals surface area contributed by atoms with Gasteiger partial charge in [-0.3, -0.25) is 4.79 Å². The molecule has 0 aliphatic carbocycles. The van der Waals surface area contributed by atoms with E-state index in [4.69, 9.17) is 4.74 Å². The van der Waals surface area contributed by atoms with Gasteiger partial charge in [0, 0.05) is 5.69 Å². The Kier molecular flexibility index (Phi) is 5.99. The third-order valence-corrected chi connectivity index (χ3v) is 3.16. The number of nitrogens with one attached hydrogen (secondary N) is 2. The van der Waals surface area contributed by atoms with Crippen LogP contribution in [-0.4, -0.2) is 25.8 Å². The second-order valence-corrected chi connectivity index (χ2v) is 5.00. The van der Waals surface area contributed by atoms with Gasteiger partial charge < -0.3 is 10.1 Å². The maximum absolute atomic E-state index is 12.6. The number of hydrogen-bond acceptors (Lipinski definition) is 4. The van der Waals surface area contributed by atoms with Crippen molar-refractivity contribution in [1.29, 1.82) is 0 Å². The normalized spacial score (nSPS) is 11.4. The van der Waals surface area contributed by atoms with Crippen molar-refractivity contribution in [3.05, 3.63) is 59.7 Å². The first-order valence-corrected chi connectivity index (χ1v) is 7.25. The fourth-order valence-corrected chi connectivity index (χ4v) is 1.90. The van der Waals surface area contributed by atoms with Crippen LogP contribution in [0.15, 0.2) is 53.6 Å². The molecule has 0 fully saturated rings. The van der Waals surface area contributed by atoms with E-state index in [1.807, 2.05) is 0 Å². The van der Waals surface area contributed by atoms with Crippen LogP contribution in [0, 0.1) is 0 Å². The number of rotatable bonds is 6. The number of carbonyl (C=O) groups excluding carboxylic acids is 1. The predicted molar refractivity (Wildman–Crippen MR) is 88.7 cm³/mol. The molecule has 0 aliphatic rings. The van der Waals surface area contributed by atoms with Crippen molar-refractivity contribution in [2.75, 3.05) is 19.0 Å². The summed E-state index contributed by atoms with van der Waals surface area (Å²) in [5, 5.41) is 6.40. The summed E-state index contributed by atoms with van der Waals surface area (Å²) >= 11 is 0. The van der Waals surface area contributed by atoms with Crippen molar-refractivity contribution in [1.82, 2.24) is 5.43 Å². The molecule has 0 aromatic heterocycles. The Labute approximate surface area is 142 Å². The summed E-state index contributed by atoms with van der Waals surface area (Å²) in [7, 11) is 1.56. The van der Waals surface area contributed by atoms with Crippen LogP contribution in [0.5, 0.6) is 5.75 Å². The summed E-state index contributed by atoms with van der Waals surface area (Å²) in [6.45, 7) is -0.207. The SMILES string of the molecule is COc1ccc(C=NNC(=O)CNc2cccc(C(F)(F)F)c2)cc1. The number of halogens is 3. The number of amides is 1. The van der Waals surface area contributed by atoms with E-state index in [0.717, 1.165) is 17.7 Å². The second kappa shape index (κ2) is 8.18. The maximum Gasteiger partial charge on any atom is 0.416 e. The molecule has 132 valence electrons. The van der Waals surface area contributed by atoms with E-state index >= 15 is 0 Å². The van der Waals surface area contributed by atoms with E-state index in [9.17, 15) is 18.0 Å². The van der Waals surface area contributed by atoms with Crippen molar-refractivity contribution < 1.29 is 22.7 Å². The molecule has 5 nitrogen and oxygen atoms in total. The van der Waals surface area contributed by atoms with Gasteiger partial charge >= 0.3 is 6.18 Å². The van der Waals surface area contributed by atoms with Crippen LogP contribution >= 0.6 is 0 Å². The van der Waals surface area contributed by atoms with E-state index in [1.54, 1.807) is 31.4 Å². The molecule has 25 heavy (non-hydrogen) atoms. The van der Waals surface area contributed by atoms with Crippen LogP contribution in [-0.2, 0) is 11.0 Å². The number of hydrogen-bond donors (Lipinski definition) is 2. The number of anilines is 1. The van der Waals surface area contributed by atoms with Gasteiger partial charge in [0.2, 0.25) is 0 Å². The average Bonchev–Trinajstić information content (AvgIpc) is 2.60. The first-order valence-electron chi connectivity index (χ1n) is 7.25. The first-order chi connectivity index (χ1) is 11.9. The highest BCUT2D eigenvalue weighted by atomic mass is 19.4. The lowest BCUT2D eigenvalue weighted by atomic mass is 10.2. The summed E-state index contributed by atoms with van der Waals surface area (Å²) in [5.41, 5.74) is 2.46. The van der Waals surface area contributed by atoms with Gasteiger partial charge in [-0.2, -0.15) is 18.3 Å². The molecule has 0 saturated carbocycles.